The predicted octanol–water partition coefficient (Wildman–Crippen LogP) is 6.04. The molecule has 1 saturated carbocycles. The summed E-state index contributed by atoms with van der Waals surface area (Å²) in [6.45, 7) is 0.575. The Labute approximate surface area is 207 Å². The first-order valence-electron chi connectivity index (χ1n) is 11.8. The molecule has 36 heavy (non-hydrogen) atoms. The van der Waals surface area contributed by atoms with Crippen LogP contribution < -0.4 is 14.2 Å². The molecular formula is C28H26F2O6. The van der Waals surface area contributed by atoms with Gasteiger partial charge in [-0.2, -0.15) is 0 Å². The first kappa shape index (κ1) is 24.1. The molecule has 0 radical (unpaired) electrons. The molecular weight excluding hydrogens is 470 g/mol. The fraction of sp³-hybridized carbons (Fsp3) is 0.321. The fourth-order valence-electron chi connectivity index (χ4n) is 4.67. The number of hydrogen-bond donors (Lipinski definition) is 1. The summed E-state index contributed by atoms with van der Waals surface area (Å²) in [4.78, 5) is 11.1. The van der Waals surface area contributed by atoms with Crippen molar-refractivity contribution in [2.24, 2.45) is 5.92 Å². The van der Waals surface area contributed by atoms with E-state index in [0.29, 0.717) is 48.5 Å². The van der Waals surface area contributed by atoms with Gasteiger partial charge in [-0.1, -0.05) is 12.1 Å². The van der Waals surface area contributed by atoms with E-state index in [-0.39, 0.29) is 35.8 Å². The third-order valence-corrected chi connectivity index (χ3v) is 6.61. The van der Waals surface area contributed by atoms with Gasteiger partial charge in [-0.15, -0.1) is 0 Å². The number of aliphatic carboxylic acids is 1. The topological polar surface area (TPSA) is 74.2 Å². The number of halogens is 2. The van der Waals surface area contributed by atoms with Crippen LogP contribution in [0.15, 0.2) is 54.6 Å². The first-order valence-corrected chi connectivity index (χ1v) is 11.8. The summed E-state index contributed by atoms with van der Waals surface area (Å²) in [5, 5.41) is 9.13. The van der Waals surface area contributed by atoms with Crippen molar-refractivity contribution in [1.29, 1.82) is 0 Å². The van der Waals surface area contributed by atoms with Crippen LogP contribution in [-0.2, 0) is 16.0 Å². The molecule has 1 fully saturated rings. The molecule has 0 spiro atoms. The quantitative estimate of drug-likeness (QED) is 0.345. The van der Waals surface area contributed by atoms with Gasteiger partial charge in [0.2, 0.25) is 0 Å². The summed E-state index contributed by atoms with van der Waals surface area (Å²) in [6, 6.07) is 14.5. The van der Waals surface area contributed by atoms with Crippen LogP contribution in [0.5, 0.6) is 23.0 Å². The zero-order chi connectivity index (χ0) is 25.2. The Bertz CT molecular complexity index is 1260. The van der Waals surface area contributed by atoms with Gasteiger partial charge in [0.1, 0.15) is 35.8 Å². The standard InChI is InChI=1S/C28H26F2O6/c1-33-12-13-34-25-9-6-18(14-23(25)30)36-24-11-8-22(29)27-19(24)7-10-26(27)35-17-4-2-16(3-5-17)20-15-21(20)28(31)32/h2-6,8-9,11,14,20-21,26H,7,10,12-13,15H2,1H3,(H,31,32)/t20-,21+,26-/m1/s1. The molecule has 0 heterocycles. The van der Waals surface area contributed by atoms with Crippen LogP contribution in [0.1, 0.15) is 41.6 Å². The number of carboxylic acid groups (broad SMARTS) is 1. The van der Waals surface area contributed by atoms with Crippen LogP contribution in [0, 0.1) is 17.6 Å². The molecule has 5 rings (SSSR count). The van der Waals surface area contributed by atoms with Gasteiger partial charge in [-0.05, 0) is 67.1 Å². The summed E-state index contributed by atoms with van der Waals surface area (Å²) < 4.78 is 51.5. The van der Waals surface area contributed by atoms with Gasteiger partial charge < -0.3 is 24.1 Å². The molecule has 1 N–H and O–H groups in total. The second-order valence-corrected chi connectivity index (χ2v) is 8.97. The Morgan fingerprint density at radius 2 is 1.72 bits per heavy atom. The van der Waals surface area contributed by atoms with Gasteiger partial charge in [0, 0.05) is 24.3 Å². The second kappa shape index (κ2) is 10.1. The Morgan fingerprint density at radius 1 is 0.972 bits per heavy atom. The Balaban J connectivity index is 1.28. The number of ether oxygens (including phenoxy) is 4. The maximum Gasteiger partial charge on any atom is 0.307 e. The van der Waals surface area contributed by atoms with Crippen LogP contribution in [-0.4, -0.2) is 31.4 Å². The van der Waals surface area contributed by atoms with Crippen molar-refractivity contribution in [2.45, 2.75) is 31.3 Å². The number of hydrogen-bond acceptors (Lipinski definition) is 5. The van der Waals surface area contributed by atoms with Crippen LogP contribution in [0.25, 0.3) is 0 Å². The number of benzene rings is 3. The first-order chi connectivity index (χ1) is 17.4. The average Bonchev–Trinajstić information content (AvgIpc) is 3.56. The van der Waals surface area contributed by atoms with Crippen molar-refractivity contribution in [2.75, 3.05) is 20.3 Å². The second-order valence-electron chi connectivity index (χ2n) is 8.97. The van der Waals surface area contributed by atoms with E-state index in [1.165, 1.54) is 25.3 Å². The minimum Gasteiger partial charge on any atom is -0.488 e. The molecule has 0 unspecified atom stereocenters. The van der Waals surface area contributed by atoms with Crippen LogP contribution in [0.4, 0.5) is 8.78 Å². The highest BCUT2D eigenvalue weighted by atomic mass is 19.1. The molecule has 8 heteroatoms. The Kier molecular flexibility index (Phi) is 6.78. The maximum absolute atomic E-state index is 14.8. The van der Waals surface area contributed by atoms with Gasteiger partial charge in [0.25, 0.3) is 0 Å². The van der Waals surface area contributed by atoms with Crippen molar-refractivity contribution in [3.8, 4) is 23.0 Å². The molecule has 0 saturated heterocycles. The molecule has 3 atom stereocenters. The monoisotopic (exact) mass is 496 g/mol. The Morgan fingerprint density at radius 3 is 2.42 bits per heavy atom. The molecule has 0 aliphatic heterocycles. The molecule has 0 amide bonds. The molecule has 2 aliphatic rings. The maximum atomic E-state index is 14.8. The minimum absolute atomic E-state index is 0.0386. The molecule has 0 bridgehead atoms. The highest BCUT2D eigenvalue weighted by Gasteiger charge is 2.44. The lowest BCUT2D eigenvalue weighted by atomic mass is 10.1. The van der Waals surface area contributed by atoms with Crippen LogP contribution in [0.3, 0.4) is 0 Å². The number of carbonyl (C=O) groups is 1. The number of rotatable bonds is 10. The van der Waals surface area contributed by atoms with E-state index in [9.17, 15) is 13.6 Å². The largest absolute Gasteiger partial charge is 0.488 e. The molecule has 3 aromatic rings. The van der Waals surface area contributed by atoms with Crippen LogP contribution in [0.2, 0.25) is 0 Å². The summed E-state index contributed by atoms with van der Waals surface area (Å²) in [5.74, 6) is -0.584. The van der Waals surface area contributed by atoms with E-state index in [4.69, 9.17) is 24.1 Å². The SMILES string of the molecule is COCCOc1ccc(Oc2ccc(F)c3c2CC[C@H]3Oc2ccc([C@H]3C[C@@H]3C(=O)O)cc2)cc1F. The van der Waals surface area contributed by atoms with E-state index in [0.717, 1.165) is 5.56 Å². The zero-order valence-corrected chi connectivity index (χ0v) is 19.7. The number of fused-ring (bicyclic) bond motifs is 1. The summed E-state index contributed by atoms with van der Waals surface area (Å²) in [7, 11) is 1.54. The van der Waals surface area contributed by atoms with E-state index in [1.807, 2.05) is 12.1 Å². The third kappa shape index (κ3) is 4.99. The summed E-state index contributed by atoms with van der Waals surface area (Å²) >= 11 is 0. The lowest BCUT2D eigenvalue weighted by molar-refractivity contribution is -0.138. The molecule has 2 aliphatic carbocycles. The number of carboxylic acids is 1. The molecule has 188 valence electrons. The number of methoxy groups -OCH3 is 1. The smallest absolute Gasteiger partial charge is 0.307 e. The van der Waals surface area contributed by atoms with E-state index in [1.54, 1.807) is 24.3 Å². The zero-order valence-electron chi connectivity index (χ0n) is 19.7. The van der Waals surface area contributed by atoms with Gasteiger partial charge in [-0.3, -0.25) is 4.79 Å². The van der Waals surface area contributed by atoms with Gasteiger partial charge >= 0.3 is 5.97 Å². The van der Waals surface area contributed by atoms with Gasteiger partial charge in [0.05, 0.1) is 12.5 Å². The normalized spacial score (nSPS) is 20.0. The minimum atomic E-state index is -0.773. The fourth-order valence-corrected chi connectivity index (χ4v) is 4.67. The van der Waals surface area contributed by atoms with Crippen molar-refractivity contribution in [3.05, 3.63) is 82.9 Å². The van der Waals surface area contributed by atoms with Crippen molar-refractivity contribution in [3.63, 3.8) is 0 Å². The lowest BCUT2D eigenvalue weighted by Gasteiger charge is -2.17. The van der Waals surface area contributed by atoms with Gasteiger partial charge in [0.15, 0.2) is 11.6 Å². The predicted molar refractivity (Wildman–Crippen MR) is 127 cm³/mol. The third-order valence-electron chi connectivity index (χ3n) is 6.61. The molecule has 0 aromatic heterocycles. The van der Waals surface area contributed by atoms with E-state index < -0.39 is 17.9 Å². The highest BCUT2D eigenvalue weighted by molar-refractivity contribution is 5.75. The van der Waals surface area contributed by atoms with E-state index in [2.05, 4.69) is 0 Å². The lowest BCUT2D eigenvalue weighted by Crippen LogP contribution is -2.06. The van der Waals surface area contributed by atoms with Crippen LogP contribution >= 0.6 is 0 Å². The van der Waals surface area contributed by atoms with Crippen molar-refractivity contribution < 1.29 is 37.6 Å². The van der Waals surface area contributed by atoms with Crippen molar-refractivity contribution in [1.82, 2.24) is 0 Å². The Hall–Kier alpha value is -3.65. The molecule has 6 nitrogen and oxygen atoms in total. The molecule has 3 aromatic carbocycles. The van der Waals surface area contributed by atoms with Crippen molar-refractivity contribution >= 4 is 5.97 Å². The summed E-state index contributed by atoms with van der Waals surface area (Å²) in [6.07, 6.45) is 1.27. The summed E-state index contributed by atoms with van der Waals surface area (Å²) in [5.41, 5.74) is 2.09. The van der Waals surface area contributed by atoms with E-state index >= 15 is 0 Å². The average molecular weight is 497 g/mol. The highest BCUT2D eigenvalue weighted by Crippen LogP contribution is 2.48. The van der Waals surface area contributed by atoms with Gasteiger partial charge in [-0.25, -0.2) is 8.78 Å².